The number of rotatable bonds is 5. The number of aryl methyl sites for hydroxylation is 3. The second kappa shape index (κ2) is 8.74. The molecule has 0 spiro atoms. The van der Waals surface area contributed by atoms with Gasteiger partial charge in [-0.3, -0.25) is 0 Å². The Bertz CT molecular complexity index is 1230. The number of nitrogens with zero attached hydrogens (tertiary/aromatic N) is 1. The zero-order valence-electron chi connectivity index (χ0n) is 24.6. The van der Waals surface area contributed by atoms with E-state index in [1.165, 1.54) is 23.2 Å². The van der Waals surface area contributed by atoms with Crippen LogP contribution in [0.4, 0.5) is 0 Å². The smallest absolute Gasteiger partial charge is 0.201 e. The zero-order valence-corrected chi connectivity index (χ0v) is 21.6. The molecule has 1 heterocycles. The average Bonchev–Trinajstić information content (AvgIpc) is 2.72. The van der Waals surface area contributed by atoms with Gasteiger partial charge in [-0.15, -0.1) is 0 Å². The number of hydrogen-bond acceptors (Lipinski definition) is 0. The molecule has 2 heteroatoms. The van der Waals surface area contributed by atoms with Gasteiger partial charge >= 0.3 is 0 Å². The molecule has 3 rings (SSSR count). The van der Waals surface area contributed by atoms with E-state index >= 15 is 0 Å². The molecule has 0 amide bonds. The van der Waals surface area contributed by atoms with Crippen LogP contribution in [0.1, 0.15) is 49.9 Å². The molecular weight excluding hydrogens is 390 g/mol. The minimum Gasteiger partial charge on any atom is -0.201 e. The highest BCUT2D eigenvalue weighted by Crippen LogP contribution is 2.31. The SMILES string of the molecule is [2H]C([2H])(C)c1cc(-c2cc(-c3ccccc3)c([Si](C)(C)C)cc2C)[n+](C)cc1C([2H])([2H])C(C)(C)C. The van der Waals surface area contributed by atoms with Crippen LogP contribution >= 0.6 is 0 Å². The second-order valence-corrected chi connectivity index (χ2v) is 15.6. The fourth-order valence-electron chi connectivity index (χ4n) is 4.09. The minimum atomic E-state index is -1.70. The normalized spacial score (nSPS) is 15.1. The maximum atomic E-state index is 8.89. The second-order valence-electron chi connectivity index (χ2n) is 10.6. The Morgan fingerprint density at radius 3 is 2.13 bits per heavy atom. The van der Waals surface area contributed by atoms with E-state index in [1.54, 1.807) is 6.20 Å². The quantitative estimate of drug-likeness (QED) is 0.305. The van der Waals surface area contributed by atoms with Crippen molar-refractivity contribution >= 4 is 13.3 Å². The van der Waals surface area contributed by atoms with Gasteiger partial charge in [-0.2, -0.15) is 0 Å². The molecule has 0 radical (unpaired) electrons. The maximum absolute atomic E-state index is 8.89. The molecule has 0 N–H and O–H groups in total. The zero-order chi connectivity index (χ0) is 26.6. The Morgan fingerprint density at radius 1 is 0.935 bits per heavy atom. The third-order valence-electron chi connectivity index (χ3n) is 5.59. The van der Waals surface area contributed by atoms with Crippen LogP contribution in [0.2, 0.25) is 19.6 Å². The fraction of sp³-hybridized carbons (Fsp3) is 0.414. The summed E-state index contributed by atoms with van der Waals surface area (Å²) in [6.07, 6.45) is -1.59. The first kappa shape index (κ1) is 18.4. The van der Waals surface area contributed by atoms with Crippen molar-refractivity contribution in [1.82, 2.24) is 0 Å². The molecule has 0 atom stereocenters. The van der Waals surface area contributed by atoms with E-state index in [0.717, 1.165) is 16.8 Å². The fourth-order valence-corrected chi connectivity index (χ4v) is 5.76. The predicted octanol–water partition coefficient (Wildman–Crippen LogP) is 6.85. The Balaban J connectivity index is 2.37. The van der Waals surface area contributed by atoms with Crippen molar-refractivity contribution < 1.29 is 10.1 Å². The van der Waals surface area contributed by atoms with Crippen LogP contribution in [-0.2, 0) is 19.8 Å². The molecule has 31 heavy (non-hydrogen) atoms. The summed E-state index contributed by atoms with van der Waals surface area (Å²) in [6, 6.07) is 16.9. The first-order valence-corrected chi connectivity index (χ1v) is 14.6. The molecule has 1 nitrogen and oxygen atoms in total. The van der Waals surface area contributed by atoms with Crippen molar-refractivity contribution in [3.05, 3.63) is 71.4 Å². The van der Waals surface area contributed by atoms with Crippen LogP contribution in [0.15, 0.2) is 54.7 Å². The lowest BCUT2D eigenvalue weighted by Gasteiger charge is -2.24. The Labute approximate surface area is 196 Å². The number of aromatic nitrogens is 1. The van der Waals surface area contributed by atoms with Crippen LogP contribution in [-0.4, -0.2) is 8.07 Å². The predicted molar refractivity (Wildman–Crippen MR) is 139 cm³/mol. The molecule has 1 aromatic heterocycles. The Kier molecular flexibility index (Phi) is 5.19. The van der Waals surface area contributed by atoms with E-state index in [9.17, 15) is 0 Å². The van der Waals surface area contributed by atoms with Gasteiger partial charge in [-0.1, -0.05) is 88.9 Å². The molecule has 0 saturated carbocycles. The standard InChI is InChI=1S/C29H40NSi/c1-10-22-17-27(30(6)20-24(22)19-29(3,4)5)25-18-26(23-14-12-11-13-15-23)28(16-21(25)2)31(7,8)9/h11-18,20H,10,19H2,1-9H3/q+1/i10D2,19D2. The van der Waals surface area contributed by atoms with Crippen LogP contribution in [0.5, 0.6) is 0 Å². The van der Waals surface area contributed by atoms with E-state index < -0.39 is 26.2 Å². The Morgan fingerprint density at radius 2 is 1.58 bits per heavy atom. The van der Waals surface area contributed by atoms with E-state index in [1.807, 2.05) is 44.5 Å². The summed E-state index contributed by atoms with van der Waals surface area (Å²) in [4.78, 5) is 0. The van der Waals surface area contributed by atoms with Gasteiger partial charge in [0.15, 0.2) is 6.20 Å². The van der Waals surface area contributed by atoms with Crippen molar-refractivity contribution in [2.24, 2.45) is 12.5 Å². The summed E-state index contributed by atoms with van der Waals surface area (Å²) >= 11 is 0. The van der Waals surface area contributed by atoms with E-state index in [2.05, 4.69) is 63.0 Å². The lowest BCUT2D eigenvalue weighted by Crippen LogP contribution is -2.39. The molecule has 2 aromatic carbocycles. The van der Waals surface area contributed by atoms with Crippen molar-refractivity contribution in [3.8, 4) is 22.4 Å². The summed E-state index contributed by atoms with van der Waals surface area (Å²) in [5.41, 5.74) is 5.60. The molecule has 3 aromatic rings. The van der Waals surface area contributed by atoms with Gasteiger partial charge in [0.05, 0.1) is 8.07 Å². The van der Waals surface area contributed by atoms with Crippen molar-refractivity contribution in [3.63, 3.8) is 0 Å². The minimum absolute atomic E-state index is 0.403. The van der Waals surface area contributed by atoms with Crippen molar-refractivity contribution in [1.29, 1.82) is 0 Å². The van der Waals surface area contributed by atoms with Gasteiger partial charge in [0.1, 0.15) is 7.05 Å². The van der Waals surface area contributed by atoms with Crippen LogP contribution in [0.3, 0.4) is 0 Å². The summed E-state index contributed by atoms with van der Waals surface area (Å²) in [7, 11) is 0.290. The molecule has 0 aliphatic carbocycles. The molecule has 0 bridgehead atoms. The first-order chi connectivity index (χ1) is 15.9. The highest BCUT2D eigenvalue weighted by Gasteiger charge is 2.25. The van der Waals surface area contributed by atoms with Gasteiger partial charge in [-0.25, -0.2) is 4.57 Å². The van der Waals surface area contributed by atoms with Crippen molar-refractivity contribution in [2.45, 2.75) is 67.0 Å². The monoisotopic (exact) mass is 434 g/mol. The van der Waals surface area contributed by atoms with Gasteiger partial charge in [0.2, 0.25) is 5.69 Å². The van der Waals surface area contributed by atoms with Crippen LogP contribution in [0.25, 0.3) is 22.4 Å². The van der Waals surface area contributed by atoms with Gasteiger partial charge in [0, 0.05) is 22.7 Å². The maximum Gasteiger partial charge on any atom is 0.212 e. The molecule has 0 aliphatic rings. The van der Waals surface area contributed by atoms with E-state index in [4.69, 9.17) is 5.48 Å². The number of hydrogen-bond donors (Lipinski definition) is 0. The molecule has 164 valence electrons. The first-order valence-electron chi connectivity index (χ1n) is 13.1. The largest absolute Gasteiger partial charge is 0.212 e. The van der Waals surface area contributed by atoms with Gasteiger partial charge in [0.25, 0.3) is 0 Å². The van der Waals surface area contributed by atoms with Gasteiger partial charge < -0.3 is 0 Å². The third kappa shape index (κ3) is 5.36. The molecule has 0 unspecified atom stereocenters. The summed E-state index contributed by atoms with van der Waals surface area (Å²) in [5, 5.41) is 1.40. The van der Waals surface area contributed by atoms with Crippen LogP contribution < -0.4 is 9.75 Å². The third-order valence-corrected chi connectivity index (χ3v) is 7.62. The van der Waals surface area contributed by atoms with E-state index in [-0.39, 0.29) is 0 Å². The van der Waals surface area contributed by atoms with Gasteiger partial charge in [-0.05, 0) is 53.4 Å². The summed E-state index contributed by atoms with van der Waals surface area (Å²) in [6.45, 7) is 16.3. The highest BCUT2D eigenvalue weighted by molar-refractivity contribution is 6.89. The molecule has 0 fully saturated rings. The molecule has 0 aliphatic heterocycles. The lowest BCUT2D eigenvalue weighted by atomic mass is 9.86. The summed E-state index contributed by atoms with van der Waals surface area (Å²) in [5.74, 6) is 0. The molecular formula is C29H40NSi+. The Hall–Kier alpha value is -2.19. The lowest BCUT2D eigenvalue weighted by molar-refractivity contribution is -0.660. The van der Waals surface area contributed by atoms with Crippen LogP contribution in [0, 0.1) is 12.3 Å². The average molecular weight is 435 g/mol. The highest BCUT2D eigenvalue weighted by atomic mass is 28.3. The topological polar surface area (TPSA) is 3.88 Å². The van der Waals surface area contributed by atoms with E-state index in [0.29, 0.717) is 11.1 Å². The number of benzene rings is 2. The summed E-state index contributed by atoms with van der Waals surface area (Å²) < 4.78 is 36.9. The molecule has 0 saturated heterocycles. The van der Waals surface area contributed by atoms with Crippen molar-refractivity contribution in [2.75, 3.05) is 0 Å². The number of pyridine rings is 1.